The molecule has 1 saturated carbocycles. The summed E-state index contributed by atoms with van der Waals surface area (Å²) in [4.78, 5) is 0. The maximum Gasteiger partial charge on any atom is 0.106 e. The van der Waals surface area contributed by atoms with E-state index in [0.29, 0.717) is 35.2 Å². The molecular weight excluding hydrogens is 196 g/mol. The average Bonchev–Trinajstić information content (AvgIpc) is 2.58. The SMILES string of the molecule is CNC1N[C@@H]2C[C@H](C)[C@@H](CO)C[C@@H]2S1. The van der Waals surface area contributed by atoms with E-state index >= 15 is 0 Å². The predicted octanol–water partition coefficient (Wildman–Crippen LogP) is 0.601. The van der Waals surface area contributed by atoms with E-state index in [2.05, 4.69) is 17.6 Å². The van der Waals surface area contributed by atoms with Gasteiger partial charge in [-0.2, -0.15) is 0 Å². The minimum atomic E-state index is 0.356. The van der Waals surface area contributed by atoms with Crippen molar-refractivity contribution in [3.8, 4) is 0 Å². The molecule has 2 rings (SSSR count). The standard InChI is InChI=1S/C10H20N2OS/c1-6-3-8-9(4-7(6)5-13)14-10(11-2)12-8/h6-13H,3-5H2,1-2H3/t6-,7+,8+,9-,10?/m0/s1. The molecule has 0 aromatic rings. The molecule has 0 spiro atoms. The number of nitrogens with one attached hydrogen (secondary N) is 2. The van der Waals surface area contributed by atoms with Crippen LogP contribution in [0.2, 0.25) is 0 Å². The van der Waals surface area contributed by atoms with Gasteiger partial charge in [0.1, 0.15) is 5.50 Å². The Balaban J connectivity index is 1.96. The molecule has 0 amide bonds. The first-order chi connectivity index (χ1) is 6.74. The first-order valence-electron chi connectivity index (χ1n) is 5.44. The monoisotopic (exact) mass is 216 g/mol. The molecule has 1 unspecified atom stereocenters. The zero-order chi connectivity index (χ0) is 10.1. The number of hydrogen-bond donors (Lipinski definition) is 3. The Kier molecular flexibility index (Phi) is 3.37. The summed E-state index contributed by atoms with van der Waals surface area (Å²) in [6, 6.07) is 0.648. The van der Waals surface area contributed by atoms with Crippen LogP contribution in [0.3, 0.4) is 0 Å². The first-order valence-corrected chi connectivity index (χ1v) is 6.38. The molecular formula is C10H20N2OS. The number of thioether (sulfide) groups is 1. The van der Waals surface area contributed by atoms with Gasteiger partial charge in [0, 0.05) is 17.9 Å². The number of aliphatic hydroxyl groups is 1. The van der Waals surface area contributed by atoms with E-state index < -0.39 is 0 Å². The molecule has 3 N–H and O–H groups in total. The Morgan fingerprint density at radius 2 is 2.29 bits per heavy atom. The van der Waals surface area contributed by atoms with Gasteiger partial charge in [0.15, 0.2) is 0 Å². The summed E-state index contributed by atoms with van der Waals surface area (Å²) in [6.07, 6.45) is 2.37. The summed E-state index contributed by atoms with van der Waals surface area (Å²) in [5.74, 6) is 1.17. The van der Waals surface area contributed by atoms with Crippen molar-refractivity contribution < 1.29 is 5.11 Å². The molecule has 82 valence electrons. The summed E-state index contributed by atoms with van der Waals surface area (Å²) < 4.78 is 0. The molecule has 1 aliphatic heterocycles. The van der Waals surface area contributed by atoms with E-state index in [1.165, 1.54) is 6.42 Å². The summed E-state index contributed by atoms with van der Waals surface area (Å²) in [6.45, 7) is 2.62. The zero-order valence-electron chi connectivity index (χ0n) is 8.86. The Hall–Kier alpha value is 0.230. The number of aliphatic hydroxyl groups excluding tert-OH is 1. The Morgan fingerprint density at radius 1 is 1.50 bits per heavy atom. The fourth-order valence-electron chi connectivity index (χ4n) is 2.58. The third-order valence-corrected chi connectivity index (χ3v) is 5.10. The lowest BCUT2D eigenvalue weighted by atomic mass is 9.78. The lowest BCUT2D eigenvalue weighted by molar-refractivity contribution is 0.134. The van der Waals surface area contributed by atoms with Crippen LogP contribution >= 0.6 is 11.8 Å². The van der Waals surface area contributed by atoms with E-state index in [4.69, 9.17) is 0 Å². The molecule has 1 saturated heterocycles. The van der Waals surface area contributed by atoms with Crippen LogP contribution in [0.1, 0.15) is 19.8 Å². The lowest BCUT2D eigenvalue weighted by Gasteiger charge is -2.34. The lowest BCUT2D eigenvalue weighted by Crippen LogP contribution is -2.44. The van der Waals surface area contributed by atoms with E-state index in [1.807, 2.05) is 18.8 Å². The minimum absolute atomic E-state index is 0.356. The average molecular weight is 216 g/mol. The van der Waals surface area contributed by atoms with Crippen molar-refractivity contribution in [2.75, 3.05) is 13.7 Å². The minimum Gasteiger partial charge on any atom is -0.396 e. The summed E-state index contributed by atoms with van der Waals surface area (Å²) in [5.41, 5.74) is 0.412. The number of fused-ring (bicyclic) bond motifs is 1. The second-order valence-electron chi connectivity index (χ2n) is 4.51. The van der Waals surface area contributed by atoms with Crippen molar-refractivity contribution in [2.24, 2.45) is 11.8 Å². The van der Waals surface area contributed by atoms with Crippen LogP contribution in [0, 0.1) is 11.8 Å². The van der Waals surface area contributed by atoms with Gasteiger partial charge in [0.05, 0.1) is 0 Å². The third kappa shape index (κ3) is 1.94. The van der Waals surface area contributed by atoms with Crippen molar-refractivity contribution in [3.63, 3.8) is 0 Å². The highest BCUT2D eigenvalue weighted by Gasteiger charge is 2.40. The molecule has 1 heterocycles. The van der Waals surface area contributed by atoms with Crippen LogP contribution in [0.25, 0.3) is 0 Å². The van der Waals surface area contributed by atoms with Crippen molar-refractivity contribution in [2.45, 2.75) is 36.6 Å². The van der Waals surface area contributed by atoms with E-state index in [0.717, 1.165) is 6.42 Å². The normalized spacial score (nSPS) is 47.8. The van der Waals surface area contributed by atoms with Crippen molar-refractivity contribution >= 4 is 11.8 Å². The van der Waals surface area contributed by atoms with E-state index in [1.54, 1.807) is 0 Å². The van der Waals surface area contributed by atoms with Crippen molar-refractivity contribution in [3.05, 3.63) is 0 Å². The second-order valence-corrected chi connectivity index (χ2v) is 5.86. The maximum atomic E-state index is 9.26. The fraction of sp³-hybridized carbons (Fsp3) is 1.00. The van der Waals surface area contributed by atoms with Gasteiger partial charge in [0.25, 0.3) is 0 Å². The van der Waals surface area contributed by atoms with Gasteiger partial charge in [-0.15, -0.1) is 11.8 Å². The van der Waals surface area contributed by atoms with Crippen LogP contribution in [-0.2, 0) is 0 Å². The largest absolute Gasteiger partial charge is 0.396 e. The van der Waals surface area contributed by atoms with Gasteiger partial charge < -0.3 is 5.11 Å². The molecule has 4 heteroatoms. The third-order valence-electron chi connectivity index (χ3n) is 3.59. The zero-order valence-corrected chi connectivity index (χ0v) is 9.68. The van der Waals surface area contributed by atoms with Crippen LogP contribution in [0.5, 0.6) is 0 Å². The molecule has 3 nitrogen and oxygen atoms in total. The highest BCUT2D eigenvalue weighted by atomic mass is 32.2. The summed E-state index contributed by atoms with van der Waals surface area (Å²) in [5, 5.41) is 16.8. The highest BCUT2D eigenvalue weighted by molar-refractivity contribution is 8.00. The van der Waals surface area contributed by atoms with Crippen LogP contribution in [0.4, 0.5) is 0 Å². The highest BCUT2D eigenvalue weighted by Crippen LogP contribution is 2.40. The molecule has 2 fully saturated rings. The molecule has 2 aliphatic rings. The Morgan fingerprint density at radius 3 is 2.93 bits per heavy atom. The molecule has 0 radical (unpaired) electrons. The van der Waals surface area contributed by atoms with Crippen LogP contribution in [0.15, 0.2) is 0 Å². The van der Waals surface area contributed by atoms with Crippen LogP contribution < -0.4 is 10.6 Å². The Labute approximate surface area is 90.0 Å². The van der Waals surface area contributed by atoms with Gasteiger partial charge in [0.2, 0.25) is 0 Å². The topological polar surface area (TPSA) is 44.3 Å². The molecule has 0 aromatic carbocycles. The molecule has 1 aliphatic carbocycles. The van der Waals surface area contributed by atoms with E-state index in [-0.39, 0.29) is 0 Å². The van der Waals surface area contributed by atoms with Gasteiger partial charge in [-0.3, -0.25) is 10.6 Å². The smallest absolute Gasteiger partial charge is 0.106 e. The Bertz CT molecular complexity index is 203. The second kappa shape index (κ2) is 4.39. The summed E-state index contributed by atoms with van der Waals surface area (Å²) >= 11 is 1.98. The predicted molar refractivity (Wildman–Crippen MR) is 60.1 cm³/mol. The number of rotatable bonds is 2. The van der Waals surface area contributed by atoms with Crippen molar-refractivity contribution in [1.82, 2.24) is 10.6 Å². The van der Waals surface area contributed by atoms with Crippen molar-refractivity contribution in [1.29, 1.82) is 0 Å². The van der Waals surface area contributed by atoms with E-state index in [9.17, 15) is 5.11 Å². The van der Waals surface area contributed by atoms with Gasteiger partial charge >= 0.3 is 0 Å². The molecule has 14 heavy (non-hydrogen) atoms. The fourth-order valence-corrected chi connectivity index (χ4v) is 4.06. The molecule has 5 atom stereocenters. The molecule has 0 aromatic heterocycles. The molecule has 0 bridgehead atoms. The number of hydrogen-bond acceptors (Lipinski definition) is 4. The maximum absolute atomic E-state index is 9.26. The van der Waals surface area contributed by atoms with Gasteiger partial charge in [-0.1, -0.05) is 6.92 Å². The van der Waals surface area contributed by atoms with Crippen LogP contribution in [-0.4, -0.2) is 35.6 Å². The first kappa shape index (κ1) is 10.7. The summed E-state index contributed by atoms with van der Waals surface area (Å²) in [7, 11) is 1.99. The quantitative estimate of drug-likeness (QED) is 0.632. The van der Waals surface area contributed by atoms with Gasteiger partial charge in [-0.25, -0.2) is 0 Å². The van der Waals surface area contributed by atoms with Gasteiger partial charge in [-0.05, 0) is 31.7 Å².